The summed E-state index contributed by atoms with van der Waals surface area (Å²) in [5.41, 5.74) is -2.03. The minimum absolute atomic E-state index is 0.108. The fraction of sp³-hybridized carbons (Fsp3) is 0.409. The number of carbonyl (C=O) groups is 2. The van der Waals surface area contributed by atoms with Crippen LogP contribution >= 0.6 is 0 Å². The summed E-state index contributed by atoms with van der Waals surface area (Å²) in [6.07, 6.45) is -5.40. The van der Waals surface area contributed by atoms with Crippen molar-refractivity contribution in [2.75, 3.05) is 7.11 Å². The summed E-state index contributed by atoms with van der Waals surface area (Å²) in [6.45, 7) is 4.11. The zero-order valence-corrected chi connectivity index (χ0v) is 18.3. The number of nitrogens with zero attached hydrogens (tertiary/aromatic N) is 1. The van der Waals surface area contributed by atoms with Crippen molar-refractivity contribution >= 4 is 11.8 Å². The molecule has 0 bridgehead atoms. The molecule has 11 heteroatoms. The number of carbonyl (C=O) groups excluding carboxylic acids is 2. The number of hydrogen-bond donors (Lipinski definition) is 1. The van der Waals surface area contributed by atoms with E-state index in [1.165, 1.54) is 27.9 Å². The number of benzene rings is 1. The normalized spacial score (nSPS) is 14.3. The van der Waals surface area contributed by atoms with Gasteiger partial charge < -0.3 is 19.8 Å². The topological polar surface area (TPSA) is 99.8 Å². The number of ether oxygens (including phenoxy) is 2. The van der Waals surface area contributed by atoms with Crippen LogP contribution in [0.25, 0.3) is 0 Å². The summed E-state index contributed by atoms with van der Waals surface area (Å²) in [5.74, 6) is -5.61. The molecule has 0 aliphatic carbocycles. The number of rotatable bonds is 8. The fourth-order valence-electron chi connectivity index (χ4n) is 3.21. The zero-order chi connectivity index (χ0) is 25.1. The molecule has 0 saturated carbocycles. The van der Waals surface area contributed by atoms with Gasteiger partial charge in [-0.05, 0) is 24.6 Å². The first kappa shape index (κ1) is 25.9. The highest BCUT2D eigenvalue weighted by Gasteiger charge is 2.37. The van der Waals surface area contributed by atoms with Crippen LogP contribution in [0.3, 0.4) is 0 Å². The van der Waals surface area contributed by atoms with Gasteiger partial charge in [0.25, 0.3) is 0 Å². The number of methoxy groups -OCH3 is 1. The lowest BCUT2D eigenvalue weighted by Gasteiger charge is -2.25. The molecule has 0 amide bonds. The molecular formula is C22H23F4NO6. The molecule has 0 spiro atoms. The second-order valence-corrected chi connectivity index (χ2v) is 7.60. The molecular weight excluding hydrogens is 450 g/mol. The largest absolute Gasteiger partial charge is 0.618 e. The van der Waals surface area contributed by atoms with E-state index in [9.17, 15) is 37.5 Å². The van der Waals surface area contributed by atoms with Crippen LogP contribution < -0.4 is 9.47 Å². The molecule has 1 N–H and O–H groups in total. The van der Waals surface area contributed by atoms with Crippen LogP contribution in [0.5, 0.6) is 11.5 Å². The number of pyridine rings is 1. The van der Waals surface area contributed by atoms with Crippen LogP contribution in [0.2, 0.25) is 0 Å². The standard InChI is InChI=1S/C22H23F4NO6/c1-11(9-17(28)19-20(29)18(32-4)7-8-27(19)31)21(30)33-13(3)12(2)15-6-5-14(23)10-16(15)22(24,25)26/h5-8,10-13,29H,9H2,1-4H3/t11-,12-,13+/m1/s1. The lowest BCUT2D eigenvalue weighted by atomic mass is 9.91. The van der Waals surface area contributed by atoms with E-state index in [1.807, 2.05) is 0 Å². The Labute approximate surface area is 187 Å². The van der Waals surface area contributed by atoms with Crippen LogP contribution in [0.1, 0.15) is 54.7 Å². The maximum Gasteiger partial charge on any atom is 0.416 e. The maximum absolute atomic E-state index is 13.4. The molecule has 0 aliphatic rings. The third-order valence-corrected chi connectivity index (χ3v) is 5.23. The van der Waals surface area contributed by atoms with Gasteiger partial charge >= 0.3 is 17.8 Å². The van der Waals surface area contributed by atoms with Gasteiger partial charge in [0.1, 0.15) is 11.9 Å². The summed E-state index contributed by atoms with van der Waals surface area (Å²) >= 11 is 0. The number of esters is 1. The zero-order valence-electron chi connectivity index (χ0n) is 18.3. The number of alkyl halides is 3. The highest BCUT2D eigenvalue weighted by atomic mass is 19.4. The molecule has 2 rings (SSSR count). The van der Waals surface area contributed by atoms with Crippen LogP contribution in [0.15, 0.2) is 30.5 Å². The Morgan fingerprint density at radius 2 is 1.82 bits per heavy atom. The van der Waals surface area contributed by atoms with E-state index in [0.717, 1.165) is 24.4 Å². The molecule has 0 unspecified atom stereocenters. The average Bonchev–Trinajstić information content (AvgIpc) is 2.72. The minimum Gasteiger partial charge on any atom is -0.618 e. The van der Waals surface area contributed by atoms with Gasteiger partial charge in [-0.25, -0.2) is 4.39 Å². The summed E-state index contributed by atoms with van der Waals surface area (Å²) in [6, 6.07) is 3.40. The van der Waals surface area contributed by atoms with Gasteiger partial charge in [-0.15, -0.1) is 0 Å². The number of ketones is 1. The van der Waals surface area contributed by atoms with Crippen molar-refractivity contribution in [1.82, 2.24) is 0 Å². The Balaban J connectivity index is 2.14. The van der Waals surface area contributed by atoms with Gasteiger partial charge in [-0.2, -0.15) is 17.9 Å². The van der Waals surface area contributed by atoms with Crippen LogP contribution in [0.4, 0.5) is 17.6 Å². The molecule has 2 aromatic rings. The highest BCUT2D eigenvalue weighted by molar-refractivity contribution is 5.98. The van der Waals surface area contributed by atoms with E-state index < -0.39 is 65.1 Å². The summed E-state index contributed by atoms with van der Waals surface area (Å²) < 4.78 is 63.5. The predicted molar refractivity (Wildman–Crippen MR) is 107 cm³/mol. The monoisotopic (exact) mass is 473 g/mol. The van der Waals surface area contributed by atoms with Gasteiger partial charge in [-0.3, -0.25) is 9.59 Å². The van der Waals surface area contributed by atoms with Crippen LogP contribution in [0, 0.1) is 16.9 Å². The minimum atomic E-state index is -4.80. The summed E-state index contributed by atoms with van der Waals surface area (Å²) in [5, 5.41) is 22.0. The Hall–Kier alpha value is -3.37. The van der Waals surface area contributed by atoms with Crippen molar-refractivity contribution in [3.63, 3.8) is 0 Å². The second kappa shape index (κ2) is 10.1. The van der Waals surface area contributed by atoms with Gasteiger partial charge in [0.05, 0.1) is 18.6 Å². The third kappa shape index (κ3) is 5.91. The van der Waals surface area contributed by atoms with Crippen molar-refractivity contribution in [1.29, 1.82) is 0 Å². The molecule has 0 fully saturated rings. The quantitative estimate of drug-likeness (QED) is 0.203. The number of aromatic nitrogens is 1. The summed E-state index contributed by atoms with van der Waals surface area (Å²) in [4.78, 5) is 24.9. The van der Waals surface area contributed by atoms with Crippen molar-refractivity contribution in [2.24, 2.45) is 5.92 Å². The Morgan fingerprint density at radius 1 is 1.18 bits per heavy atom. The van der Waals surface area contributed by atoms with Crippen molar-refractivity contribution in [3.8, 4) is 11.5 Å². The van der Waals surface area contributed by atoms with Crippen molar-refractivity contribution in [2.45, 2.75) is 45.4 Å². The molecule has 7 nitrogen and oxygen atoms in total. The second-order valence-electron chi connectivity index (χ2n) is 7.60. The fourth-order valence-corrected chi connectivity index (χ4v) is 3.21. The molecule has 1 aromatic carbocycles. The van der Waals surface area contributed by atoms with E-state index in [4.69, 9.17) is 9.47 Å². The first-order valence-electron chi connectivity index (χ1n) is 9.87. The number of Topliss-reactive ketones (excluding diaryl/α,β-unsaturated/α-hetero) is 1. The van der Waals surface area contributed by atoms with Gasteiger partial charge in [0.15, 0.2) is 11.9 Å². The predicted octanol–water partition coefficient (Wildman–Crippen LogP) is 4.14. The molecule has 33 heavy (non-hydrogen) atoms. The molecule has 0 saturated heterocycles. The molecule has 3 atom stereocenters. The molecule has 1 aromatic heterocycles. The average molecular weight is 473 g/mol. The van der Waals surface area contributed by atoms with E-state index >= 15 is 0 Å². The SMILES string of the molecule is COc1cc[n+]([O-])c(C(=O)C[C@@H](C)C(=O)O[C@@H](C)[C@@H](C)c2ccc(F)cc2C(F)(F)F)c1O. The first-order chi connectivity index (χ1) is 15.3. The Kier molecular flexibility index (Phi) is 7.89. The van der Waals surface area contributed by atoms with Gasteiger partial charge in [-0.1, -0.05) is 19.9 Å². The van der Waals surface area contributed by atoms with Crippen LogP contribution in [-0.4, -0.2) is 30.1 Å². The Bertz CT molecular complexity index is 1040. The molecule has 1 heterocycles. The first-order valence-corrected chi connectivity index (χ1v) is 9.87. The van der Waals surface area contributed by atoms with E-state index in [1.54, 1.807) is 0 Å². The number of hydrogen-bond acceptors (Lipinski definition) is 6. The van der Waals surface area contributed by atoms with E-state index in [2.05, 4.69) is 0 Å². The molecule has 0 radical (unpaired) electrons. The van der Waals surface area contributed by atoms with Gasteiger partial charge in [0, 0.05) is 18.4 Å². The highest BCUT2D eigenvalue weighted by Crippen LogP contribution is 2.37. The van der Waals surface area contributed by atoms with Gasteiger partial charge in [0.2, 0.25) is 11.5 Å². The van der Waals surface area contributed by atoms with Crippen LogP contribution in [-0.2, 0) is 15.7 Å². The molecule has 180 valence electrons. The van der Waals surface area contributed by atoms with Crippen molar-refractivity contribution < 1.29 is 46.5 Å². The number of halogens is 4. The smallest absolute Gasteiger partial charge is 0.416 e. The number of aromatic hydroxyl groups is 1. The lowest BCUT2D eigenvalue weighted by Crippen LogP contribution is -2.35. The summed E-state index contributed by atoms with van der Waals surface area (Å²) in [7, 11) is 1.23. The van der Waals surface area contributed by atoms with E-state index in [0.29, 0.717) is 6.07 Å². The maximum atomic E-state index is 13.4. The van der Waals surface area contributed by atoms with E-state index in [-0.39, 0.29) is 16.0 Å². The molecule has 0 aliphatic heterocycles. The van der Waals surface area contributed by atoms with Crippen molar-refractivity contribution in [3.05, 3.63) is 58.3 Å². The third-order valence-electron chi connectivity index (χ3n) is 5.23. The lowest BCUT2D eigenvalue weighted by molar-refractivity contribution is -0.608. The Morgan fingerprint density at radius 3 is 2.39 bits per heavy atom.